The number of thiocarbonyl (C=S) groups is 1. The summed E-state index contributed by atoms with van der Waals surface area (Å²) in [5, 5.41) is 10.7. The Hall–Kier alpha value is -1.79. The third-order valence-corrected chi connectivity index (χ3v) is 5.21. The highest BCUT2D eigenvalue weighted by molar-refractivity contribution is 7.80. The normalized spacial score (nSPS) is 16.8. The summed E-state index contributed by atoms with van der Waals surface area (Å²) in [7, 11) is 0. The standard InChI is InChI=1S/C18H14Cl3N3OS/c1-9-15(17(25)23-10-6-7-13(20)14(21)8-10)16(24-18(26)22-9)11-4-2-3-5-12(11)19/h2-8,16H,1H3,(H,23,25)(H2,22,24,26). The van der Waals surface area contributed by atoms with Crippen molar-refractivity contribution in [1.29, 1.82) is 0 Å². The summed E-state index contributed by atoms with van der Waals surface area (Å²) in [6.45, 7) is 1.79. The lowest BCUT2D eigenvalue weighted by atomic mass is 9.95. The Kier molecular flexibility index (Phi) is 5.73. The summed E-state index contributed by atoms with van der Waals surface area (Å²) < 4.78 is 0. The second-order valence-corrected chi connectivity index (χ2v) is 7.30. The Bertz CT molecular complexity index is 930. The van der Waals surface area contributed by atoms with E-state index in [9.17, 15) is 4.79 Å². The number of hydrogen-bond acceptors (Lipinski definition) is 2. The number of benzene rings is 2. The van der Waals surface area contributed by atoms with Crippen LogP contribution in [0.3, 0.4) is 0 Å². The van der Waals surface area contributed by atoms with Crippen LogP contribution in [0, 0.1) is 0 Å². The summed E-state index contributed by atoms with van der Waals surface area (Å²) in [5.74, 6) is -0.298. The Morgan fingerprint density at radius 1 is 1.08 bits per heavy atom. The molecule has 2 aromatic rings. The molecular weight excluding hydrogens is 413 g/mol. The highest BCUT2D eigenvalue weighted by Gasteiger charge is 2.31. The van der Waals surface area contributed by atoms with Crippen LogP contribution >= 0.6 is 47.0 Å². The van der Waals surface area contributed by atoms with Gasteiger partial charge in [-0.25, -0.2) is 0 Å². The molecular formula is C18H14Cl3N3OS. The van der Waals surface area contributed by atoms with E-state index in [1.54, 1.807) is 31.2 Å². The van der Waals surface area contributed by atoms with Crippen LogP contribution in [0.1, 0.15) is 18.5 Å². The largest absolute Gasteiger partial charge is 0.351 e. The number of anilines is 1. The molecule has 1 aliphatic rings. The maximum atomic E-state index is 13.0. The lowest BCUT2D eigenvalue weighted by Crippen LogP contribution is -2.45. The van der Waals surface area contributed by atoms with Crippen LogP contribution in [0.25, 0.3) is 0 Å². The second kappa shape index (κ2) is 7.84. The van der Waals surface area contributed by atoms with Crippen LogP contribution in [0.2, 0.25) is 15.1 Å². The third-order valence-electron chi connectivity index (χ3n) is 3.91. The van der Waals surface area contributed by atoms with E-state index in [4.69, 9.17) is 47.0 Å². The molecule has 1 aliphatic heterocycles. The van der Waals surface area contributed by atoms with Gasteiger partial charge in [-0.05, 0) is 49.0 Å². The monoisotopic (exact) mass is 425 g/mol. The number of halogens is 3. The molecule has 0 saturated heterocycles. The molecule has 3 N–H and O–H groups in total. The average molecular weight is 427 g/mol. The van der Waals surface area contributed by atoms with E-state index >= 15 is 0 Å². The van der Waals surface area contributed by atoms with Gasteiger partial charge in [-0.2, -0.15) is 0 Å². The van der Waals surface area contributed by atoms with Crippen LogP contribution in [-0.4, -0.2) is 11.0 Å². The zero-order valence-corrected chi connectivity index (χ0v) is 16.7. The molecule has 8 heteroatoms. The van der Waals surface area contributed by atoms with Crippen LogP contribution in [-0.2, 0) is 4.79 Å². The van der Waals surface area contributed by atoms with Gasteiger partial charge in [0.25, 0.3) is 5.91 Å². The van der Waals surface area contributed by atoms with Crippen LogP contribution in [0.4, 0.5) is 5.69 Å². The van der Waals surface area contributed by atoms with E-state index in [2.05, 4.69) is 16.0 Å². The SMILES string of the molecule is CC1=C(C(=O)Nc2ccc(Cl)c(Cl)c2)C(c2ccccc2Cl)NC(=S)N1. The fourth-order valence-corrected chi connectivity index (χ4v) is 3.52. The molecule has 2 aromatic carbocycles. The van der Waals surface area contributed by atoms with E-state index in [-0.39, 0.29) is 5.91 Å². The number of amides is 1. The van der Waals surface area contributed by atoms with Crippen molar-refractivity contribution in [3.05, 3.63) is 74.4 Å². The highest BCUT2D eigenvalue weighted by Crippen LogP contribution is 2.32. The Labute approximate surface area is 171 Å². The maximum Gasteiger partial charge on any atom is 0.255 e. The van der Waals surface area contributed by atoms with E-state index in [0.717, 1.165) is 5.56 Å². The van der Waals surface area contributed by atoms with Gasteiger partial charge in [0.15, 0.2) is 5.11 Å². The predicted octanol–water partition coefficient (Wildman–Crippen LogP) is 5.08. The van der Waals surface area contributed by atoms with Gasteiger partial charge in [-0.15, -0.1) is 0 Å². The minimum Gasteiger partial charge on any atom is -0.351 e. The van der Waals surface area contributed by atoms with Crippen molar-refractivity contribution < 1.29 is 4.79 Å². The van der Waals surface area contributed by atoms with Crippen molar-refractivity contribution in [2.45, 2.75) is 13.0 Å². The maximum absolute atomic E-state index is 13.0. The number of nitrogens with one attached hydrogen (secondary N) is 3. The number of carbonyl (C=O) groups excluding carboxylic acids is 1. The molecule has 0 spiro atoms. The molecule has 1 atom stereocenters. The number of rotatable bonds is 3. The minimum atomic E-state index is -0.472. The fraction of sp³-hybridized carbons (Fsp3) is 0.111. The molecule has 0 aliphatic carbocycles. The fourth-order valence-electron chi connectivity index (χ4n) is 2.71. The first-order valence-corrected chi connectivity index (χ1v) is 9.20. The van der Waals surface area contributed by atoms with Crippen molar-refractivity contribution in [3.8, 4) is 0 Å². The Balaban J connectivity index is 1.97. The van der Waals surface area contributed by atoms with E-state index < -0.39 is 6.04 Å². The average Bonchev–Trinajstić information content (AvgIpc) is 2.57. The summed E-state index contributed by atoms with van der Waals surface area (Å²) in [6.07, 6.45) is 0. The van der Waals surface area contributed by atoms with E-state index in [1.165, 1.54) is 0 Å². The molecule has 0 aromatic heterocycles. The molecule has 26 heavy (non-hydrogen) atoms. The summed E-state index contributed by atoms with van der Waals surface area (Å²) in [5.41, 5.74) is 2.43. The van der Waals surface area contributed by atoms with Crippen LogP contribution in [0.15, 0.2) is 53.7 Å². The van der Waals surface area contributed by atoms with Gasteiger partial charge < -0.3 is 16.0 Å². The van der Waals surface area contributed by atoms with Crippen molar-refractivity contribution in [3.63, 3.8) is 0 Å². The molecule has 1 amide bonds. The van der Waals surface area contributed by atoms with Crippen LogP contribution in [0.5, 0.6) is 0 Å². The third kappa shape index (κ3) is 3.96. The highest BCUT2D eigenvalue weighted by atomic mass is 35.5. The van der Waals surface area contributed by atoms with E-state index in [0.29, 0.717) is 37.1 Å². The zero-order valence-electron chi connectivity index (χ0n) is 13.6. The first-order chi connectivity index (χ1) is 12.4. The van der Waals surface area contributed by atoms with Crippen molar-refractivity contribution in [2.24, 2.45) is 0 Å². The lowest BCUT2D eigenvalue weighted by molar-refractivity contribution is -0.113. The first-order valence-electron chi connectivity index (χ1n) is 7.66. The molecule has 1 unspecified atom stereocenters. The van der Waals surface area contributed by atoms with Gasteiger partial charge in [-0.3, -0.25) is 4.79 Å². The van der Waals surface area contributed by atoms with Gasteiger partial charge in [0.05, 0.1) is 21.7 Å². The van der Waals surface area contributed by atoms with Gasteiger partial charge in [0.1, 0.15) is 0 Å². The second-order valence-electron chi connectivity index (χ2n) is 5.67. The smallest absolute Gasteiger partial charge is 0.255 e. The van der Waals surface area contributed by atoms with Gasteiger partial charge in [0.2, 0.25) is 0 Å². The first kappa shape index (κ1) is 19.0. The number of hydrogen-bond donors (Lipinski definition) is 3. The van der Waals surface area contributed by atoms with Crippen molar-refractivity contribution in [1.82, 2.24) is 10.6 Å². The number of allylic oxidation sites excluding steroid dienone is 1. The predicted molar refractivity (Wildman–Crippen MR) is 111 cm³/mol. The quantitative estimate of drug-likeness (QED) is 0.599. The molecule has 134 valence electrons. The summed E-state index contributed by atoms with van der Waals surface area (Å²) in [4.78, 5) is 13.0. The molecule has 0 bridgehead atoms. The molecule has 0 fully saturated rings. The molecule has 4 nitrogen and oxygen atoms in total. The van der Waals surface area contributed by atoms with Crippen molar-refractivity contribution in [2.75, 3.05) is 5.32 Å². The summed E-state index contributed by atoms with van der Waals surface area (Å²) >= 11 is 23.5. The lowest BCUT2D eigenvalue weighted by Gasteiger charge is -2.30. The van der Waals surface area contributed by atoms with Gasteiger partial charge >= 0.3 is 0 Å². The van der Waals surface area contributed by atoms with E-state index in [1.807, 2.05) is 18.2 Å². The van der Waals surface area contributed by atoms with Crippen LogP contribution < -0.4 is 16.0 Å². The topological polar surface area (TPSA) is 53.2 Å². The zero-order chi connectivity index (χ0) is 18.8. The van der Waals surface area contributed by atoms with Gasteiger partial charge in [0, 0.05) is 16.4 Å². The Morgan fingerprint density at radius 2 is 1.81 bits per heavy atom. The molecule has 0 radical (unpaired) electrons. The Morgan fingerprint density at radius 3 is 2.50 bits per heavy atom. The van der Waals surface area contributed by atoms with Gasteiger partial charge in [-0.1, -0.05) is 53.0 Å². The molecule has 1 heterocycles. The molecule has 3 rings (SSSR count). The minimum absolute atomic E-state index is 0.298. The molecule has 0 saturated carbocycles. The van der Waals surface area contributed by atoms with Crippen molar-refractivity contribution >= 4 is 63.7 Å². The summed E-state index contributed by atoms with van der Waals surface area (Å²) in [6, 6.07) is 11.7. The number of carbonyl (C=O) groups is 1.